The molecule has 2 N–H and O–H groups in total. The average molecular weight is 678 g/mol. The zero-order valence-corrected chi connectivity index (χ0v) is 28.4. The van der Waals surface area contributed by atoms with Crippen molar-refractivity contribution in [3.8, 4) is 0 Å². The Labute approximate surface area is 291 Å². The number of para-hydroxylation sites is 1. The summed E-state index contributed by atoms with van der Waals surface area (Å²) in [6.07, 6.45) is 8.50. The van der Waals surface area contributed by atoms with E-state index in [4.69, 9.17) is 4.74 Å². The third-order valence-electron chi connectivity index (χ3n) is 9.75. The molecule has 2 amide bonds. The molecule has 0 bridgehead atoms. The van der Waals surface area contributed by atoms with Crippen molar-refractivity contribution < 1.29 is 29.3 Å². The van der Waals surface area contributed by atoms with Crippen LogP contribution in [0.3, 0.4) is 0 Å². The summed E-state index contributed by atoms with van der Waals surface area (Å²) in [7, 11) is 1.35. The summed E-state index contributed by atoms with van der Waals surface area (Å²) in [4.78, 5) is 42.4. The fourth-order valence-corrected chi connectivity index (χ4v) is 6.93. The van der Waals surface area contributed by atoms with Crippen molar-refractivity contribution in [2.24, 2.45) is 5.92 Å². The molecule has 0 saturated heterocycles. The van der Waals surface area contributed by atoms with Crippen LogP contribution < -0.4 is 9.80 Å². The van der Waals surface area contributed by atoms with Gasteiger partial charge in [-0.1, -0.05) is 72.8 Å². The van der Waals surface area contributed by atoms with Gasteiger partial charge < -0.3 is 19.8 Å². The van der Waals surface area contributed by atoms with E-state index in [1.165, 1.54) is 7.11 Å². The average Bonchev–Trinajstić information content (AvgIpc) is 3.69. The highest BCUT2D eigenvalue weighted by atomic mass is 16.5. The number of hydrogen-bond acceptors (Lipinski definition) is 8. The van der Waals surface area contributed by atoms with Crippen LogP contribution in [-0.4, -0.2) is 63.3 Å². The molecule has 2 aliphatic heterocycles. The van der Waals surface area contributed by atoms with Gasteiger partial charge in [0, 0.05) is 49.3 Å². The molecule has 0 spiro atoms. The van der Waals surface area contributed by atoms with Crippen molar-refractivity contribution in [3.05, 3.63) is 114 Å². The van der Waals surface area contributed by atoms with Crippen molar-refractivity contribution in [2.75, 3.05) is 30.1 Å². The number of ether oxygens (including phenoxy) is 1. The van der Waals surface area contributed by atoms with Crippen LogP contribution in [0.4, 0.5) is 17.1 Å². The summed E-state index contributed by atoms with van der Waals surface area (Å²) >= 11 is 0. The molecule has 0 saturated carbocycles. The maximum atomic E-state index is 14.2. The predicted molar refractivity (Wildman–Crippen MR) is 189 cm³/mol. The molecule has 6 rings (SSSR count). The number of aryl methyl sites for hydroxylation is 2. The summed E-state index contributed by atoms with van der Waals surface area (Å²) in [5.74, 6) is -1.69. The number of fused-ring (bicyclic) bond motifs is 2. The molecule has 11 nitrogen and oxygen atoms in total. The predicted octanol–water partition coefficient (Wildman–Crippen LogP) is 5.17. The van der Waals surface area contributed by atoms with Gasteiger partial charge in [0.1, 0.15) is 0 Å². The van der Waals surface area contributed by atoms with Gasteiger partial charge in [0.15, 0.2) is 5.60 Å². The summed E-state index contributed by atoms with van der Waals surface area (Å²) in [5, 5.41) is 30.9. The number of methoxy groups -OCH3 is 1. The molecule has 0 aliphatic carbocycles. The molecule has 0 fully saturated rings. The second-order valence-electron chi connectivity index (χ2n) is 12.9. The highest BCUT2D eigenvalue weighted by molar-refractivity contribution is 6.09. The summed E-state index contributed by atoms with van der Waals surface area (Å²) in [6, 6.07) is 22.9. The van der Waals surface area contributed by atoms with Crippen molar-refractivity contribution in [1.82, 2.24) is 15.0 Å². The number of allylic oxidation sites excluding steroid dienone is 1. The number of aliphatic hydroxyl groups excluding tert-OH is 1. The van der Waals surface area contributed by atoms with E-state index in [1.54, 1.807) is 26.6 Å². The smallest absolute Gasteiger partial charge is 0.305 e. The Morgan fingerprint density at radius 3 is 2.56 bits per heavy atom. The molecule has 4 aromatic rings. The molecule has 0 radical (unpaired) electrons. The Hall–Kier alpha value is -5.13. The van der Waals surface area contributed by atoms with Crippen molar-refractivity contribution in [2.45, 2.75) is 63.5 Å². The zero-order valence-electron chi connectivity index (χ0n) is 28.4. The Kier molecular flexibility index (Phi) is 10.5. The molecule has 11 heteroatoms. The normalized spacial score (nSPS) is 18.3. The van der Waals surface area contributed by atoms with Crippen LogP contribution in [0.2, 0.25) is 0 Å². The standard InChI is InChI=1S/C39H43N5O6/c1-27(12-8-10-22-42-25-33(40-41-42)31(26-45)28-13-4-3-5-14-28)39(49)32-24-30(44-34-16-7-6-15-29(34)18-21-36(44)46)19-20-35(32)43(38(39)48)23-11-9-17-37(47)50-2/h3-8,12-16,19-20,24-25,27,31,45,49H,9-11,17-18,21-23,26H2,1-2H3/b12-8+/t27-,31?,39+/m1/s1. The van der Waals surface area contributed by atoms with Crippen molar-refractivity contribution in [3.63, 3.8) is 0 Å². The van der Waals surface area contributed by atoms with Gasteiger partial charge in [-0.2, -0.15) is 0 Å². The van der Waals surface area contributed by atoms with Gasteiger partial charge in [-0.05, 0) is 61.1 Å². The Bertz CT molecular complexity index is 1870. The van der Waals surface area contributed by atoms with Crippen molar-refractivity contribution in [1.29, 1.82) is 0 Å². The number of nitrogens with zero attached hydrogens (tertiary/aromatic N) is 5. The molecular formula is C39H43N5O6. The van der Waals surface area contributed by atoms with Gasteiger partial charge in [0.2, 0.25) is 5.91 Å². The van der Waals surface area contributed by atoms with Gasteiger partial charge >= 0.3 is 5.97 Å². The van der Waals surface area contributed by atoms with Gasteiger partial charge in [-0.15, -0.1) is 5.10 Å². The molecule has 50 heavy (non-hydrogen) atoms. The number of carbonyl (C=O) groups excluding carboxylic acids is 3. The highest BCUT2D eigenvalue weighted by Gasteiger charge is 2.52. The first-order valence-electron chi connectivity index (χ1n) is 17.1. The maximum Gasteiger partial charge on any atom is 0.305 e. The summed E-state index contributed by atoms with van der Waals surface area (Å²) in [5.41, 5.74) is 3.24. The van der Waals surface area contributed by atoms with E-state index in [9.17, 15) is 24.6 Å². The molecular weight excluding hydrogens is 634 g/mol. The quantitative estimate of drug-likeness (QED) is 0.106. The largest absolute Gasteiger partial charge is 0.469 e. The minimum absolute atomic E-state index is 0.0468. The number of aromatic nitrogens is 3. The maximum absolute atomic E-state index is 14.2. The Morgan fingerprint density at radius 1 is 1.00 bits per heavy atom. The minimum Gasteiger partial charge on any atom is -0.469 e. The molecule has 260 valence electrons. The lowest BCUT2D eigenvalue weighted by Gasteiger charge is -2.31. The summed E-state index contributed by atoms with van der Waals surface area (Å²) < 4.78 is 6.48. The lowest BCUT2D eigenvalue weighted by molar-refractivity contribution is -0.140. The van der Waals surface area contributed by atoms with Crippen LogP contribution in [0.1, 0.15) is 67.3 Å². The topological polar surface area (TPSA) is 138 Å². The molecule has 1 aromatic heterocycles. The summed E-state index contributed by atoms with van der Waals surface area (Å²) in [6.45, 7) is 2.56. The third-order valence-corrected chi connectivity index (χ3v) is 9.75. The third kappa shape index (κ3) is 6.83. The number of unbranched alkanes of at least 4 members (excludes halogenated alkanes) is 1. The fourth-order valence-electron chi connectivity index (χ4n) is 6.93. The number of carbonyl (C=O) groups is 3. The van der Waals surface area contributed by atoms with Gasteiger partial charge in [-0.3, -0.25) is 24.0 Å². The van der Waals surface area contributed by atoms with E-state index in [0.29, 0.717) is 67.8 Å². The van der Waals surface area contributed by atoms with Crippen LogP contribution in [0, 0.1) is 5.92 Å². The van der Waals surface area contributed by atoms with Crippen molar-refractivity contribution >= 4 is 34.8 Å². The number of amides is 2. The molecule has 3 aromatic carbocycles. The van der Waals surface area contributed by atoms with E-state index in [1.807, 2.05) is 85.9 Å². The van der Waals surface area contributed by atoms with Gasteiger partial charge in [-0.25, -0.2) is 0 Å². The number of rotatable bonds is 14. The Morgan fingerprint density at radius 2 is 1.78 bits per heavy atom. The molecule has 1 unspecified atom stereocenters. The molecule has 2 aliphatic rings. The second-order valence-corrected chi connectivity index (χ2v) is 12.9. The van der Waals surface area contributed by atoms with E-state index in [0.717, 1.165) is 16.8 Å². The first-order chi connectivity index (χ1) is 24.3. The van der Waals surface area contributed by atoms with Gasteiger partial charge in [0.05, 0.1) is 36.7 Å². The fraction of sp³-hybridized carbons (Fsp3) is 0.359. The minimum atomic E-state index is -1.88. The SMILES string of the molecule is COC(=O)CCCCN1C(=O)[C@](O)([C@H](C)/C=C/CCn2cc(C(CO)c3ccccc3)nn2)c2cc(N3C(=O)CCc4ccccc43)ccc21. The number of anilines is 3. The number of benzene rings is 3. The van der Waals surface area contributed by atoms with E-state index in [-0.39, 0.29) is 30.8 Å². The molecule has 3 atom stereocenters. The van der Waals surface area contributed by atoms with Crippen LogP contribution in [0.5, 0.6) is 0 Å². The van der Waals surface area contributed by atoms with Crippen LogP contribution in [0.25, 0.3) is 0 Å². The Balaban J connectivity index is 1.22. The van der Waals surface area contributed by atoms with Crippen LogP contribution in [-0.2, 0) is 37.7 Å². The van der Waals surface area contributed by atoms with Crippen LogP contribution >= 0.6 is 0 Å². The van der Waals surface area contributed by atoms with Crippen LogP contribution in [0.15, 0.2) is 91.1 Å². The number of esters is 1. The van der Waals surface area contributed by atoms with E-state index < -0.39 is 17.4 Å². The highest BCUT2D eigenvalue weighted by Crippen LogP contribution is 2.48. The van der Waals surface area contributed by atoms with E-state index in [2.05, 4.69) is 10.3 Å². The van der Waals surface area contributed by atoms with Gasteiger partial charge in [0.25, 0.3) is 5.91 Å². The second kappa shape index (κ2) is 15.2. The monoisotopic (exact) mass is 677 g/mol. The lowest BCUT2D eigenvalue weighted by atomic mass is 9.82. The first-order valence-corrected chi connectivity index (χ1v) is 17.1. The van der Waals surface area contributed by atoms with E-state index >= 15 is 0 Å². The number of aliphatic hydroxyl groups is 2. The molecule has 3 heterocycles. The number of hydrogen-bond donors (Lipinski definition) is 2. The zero-order chi connectivity index (χ0) is 35.3. The lowest BCUT2D eigenvalue weighted by Crippen LogP contribution is -2.44. The first kappa shape index (κ1) is 34.7.